The molecule has 5 nitrogen and oxygen atoms in total. The van der Waals surface area contributed by atoms with Gasteiger partial charge in [0.15, 0.2) is 0 Å². The van der Waals surface area contributed by atoms with Crippen molar-refractivity contribution in [3.63, 3.8) is 0 Å². The van der Waals surface area contributed by atoms with E-state index in [-0.39, 0.29) is 23.7 Å². The normalized spacial score (nSPS) is 18.5. The number of rotatable bonds is 6. The third-order valence-corrected chi connectivity index (χ3v) is 6.05. The second kappa shape index (κ2) is 9.65. The molecular weight excluding hydrogens is 388 g/mol. The van der Waals surface area contributed by atoms with Crippen molar-refractivity contribution in [2.75, 3.05) is 13.1 Å². The Morgan fingerprint density at radius 2 is 1.77 bits per heavy atom. The first kappa shape index (κ1) is 20.9. The van der Waals surface area contributed by atoms with E-state index in [2.05, 4.69) is 36.5 Å². The van der Waals surface area contributed by atoms with E-state index < -0.39 is 0 Å². The topological polar surface area (TPSA) is 62.6 Å². The number of amides is 2. The zero-order valence-electron chi connectivity index (χ0n) is 17.8. The number of furan rings is 1. The lowest BCUT2D eigenvalue weighted by Crippen LogP contribution is -2.47. The Morgan fingerprint density at radius 3 is 2.45 bits per heavy atom. The number of hydrogen-bond acceptors (Lipinski definition) is 3. The van der Waals surface area contributed by atoms with Crippen LogP contribution in [0.15, 0.2) is 77.6 Å². The van der Waals surface area contributed by atoms with Crippen LogP contribution in [0.5, 0.6) is 0 Å². The summed E-state index contributed by atoms with van der Waals surface area (Å²) in [7, 11) is 0. The first-order valence-corrected chi connectivity index (χ1v) is 10.9. The second-order valence-electron chi connectivity index (χ2n) is 8.15. The molecule has 1 saturated heterocycles. The summed E-state index contributed by atoms with van der Waals surface area (Å²) in [5, 5.41) is 3.06. The summed E-state index contributed by atoms with van der Waals surface area (Å²) < 4.78 is 5.10. The molecule has 2 amide bonds. The van der Waals surface area contributed by atoms with Gasteiger partial charge in [0.1, 0.15) is 6.26 Å². The lowest BCUT2D eigenvalue weighted by atomic mass is 9.83. The number of benzene rings is 2. The van der Waals surface area contributed by atoms with Crippen LogP contribution >= 0.6 is 0 Å². The van der Waals surface area contributed by atoms with Gasteiger partial charge in [-0.3, -0.25) is 9.59 Å². The quantitative estimate of drug-likeness (QED) is 0.648. The fraction of sp³-hybridized carbons (Fsp3) is 0.308. The molecule has 31 heavy (non-hydrogen) atoms. The molecule has 1 aliphatic rings. The number of piperidine rings is 1. The molecule has 2 atom stereocenters. The van der Waals surface area contributed by atoms with Gasteiger partial charge in [0, 0.05) is 25.6 Å². The standard InChI is InChI=1S/C26H28N2O3/c1-2-19-8-10-21(11-9-19)23-14-24(25(29)27-15-20-6-4-3-5-7-20)17-28(16-23)26(30)22-12-13-31-18-22/h3-13,18,23-24H,2,14-17H2,1H3,(H,27,29)/t23-,24+/m1/s1. The Morgan fingerprint density at radius 1 is 1.00 bits per heavy atom. The minimum atomic E-state index is -0.260. The number of nitrogens with zero attached hydrogens (tertiary/aromatic N) is 1. The van der Waals surface area contributed by atoms with Gasteiger partial charge in [-0.1, -0.05) is 61.5 Å². The SMILES string of the molecule is CCc1ccc([C@@H]2C[C@H](C(=O)NCc3ccccc3)CN(C(=O)c3ccoc3)C2)cc1. The highest BCUT2D eigenvalue weighted by atomic mass is 16.3. The first-order valence-electron chi connectivity index (χ1n) is 10.9. The van der Waals surface area contributed by atoms with Gasteiger partial charge in [-0.2, -0.15) is 0 Å². The van der Waals surface area contributed by atoms with Crippen LogP contribution in [-0.4, -0.2) is 29.8 Å². The van der Waals surface area contributed by atoms with Crippen LogP contribution in [0.4, 0.5) is 0 Å². The summed E-state index contributed by atoms with van der Waals surface area (Å²) in [5.74, 6) is -0.250. The summed E-state index contributed by atoms with van der Waals surface area (Å²) in [5.41, 5.74) is 4.03. The molecule has 0 bridgehead atoms. The zero-order valence-corrected chi connectivity index (χ0v) is 17.8. The molecule has 4 rings (SSSR count). The monoisotopic (exact) mass is 416 g/mol. The molecule has 2 aromatic carbocycles. The van der Waals surface area contributed by atoms with Gasteiger partial charge in [-0.05, 0) is 35.6 Å². The van der Waals surface area contributed by atoms with Crippen molar-refractivity contribution in [2.24, 2.45) is 5.92 Å². The summed E-state index contributed by atoms with van der Waals surface area (Å²) in [6.07, 6.45) is 4.68. The summed E-state index contributed by atoms with van der Waals surface area (Å²) >= 11 is 0. The molecule has 0 saturated carbocycles. The van der Waals surface area contributed by atoms with Crippen LogP contribution in [0.2, 0.25) is 0 Å². The van der Waals surface area contributed by atoms with Crippen molar-refractivity contribution in [1.82, 2.24) is 10.2 Å². The van der Waals surface area contributed by atoms with Gasteiger partial charge < -0.3 is 14.6 Å². The van der Waals surface area contributed by atoms with E-state index >= 15 is 0 Å². The van der Waals surface area contributed by atoms with Crippen LogP contribution in [-0.2, 0) is 17.8 Å². The number of carbonyl (C=O) groups is 2. The second-order valence-corrected chi connectivity index (χ2v) is 8.15. The molecule has 0 spiro atoms. The fourth-order valence-corrected chi connectivity index (χ4v) is 4.22. The van der Waals surface area contributed by atoms with Gasteiger partial charge in [0.05, 0.1) is 17.7 Å². The highest BCUT2D eigenvalue weighted by Gasteiger charge is 2.35. The molecule has 1 aliphatic heterocycles. The molecule has 2 heterocycles. The lowest BCUT2D eigenvalue weighted by molar-refractivity contribution is -0.126. The number of aryl methyl sites for hydroxylation is 1. The van der Waals surface area contributed by atoms with Crippen molar-refractivity contribution >= 4 is 11.8 Å². The molecule has 5 heteroatoms. The van der Waals surface area contributed by atoms with E-state index in [4.69, 9.17) is 4.42 Å². The maximum atomic E-state index is 13.0. The smallest absolute Gasteiger partial charge is 0.257 e. The molecule has 1 aromatic heterocycles. The Kier molecular flexibility index (Phi) is 6.51. The van der Waals surface area contributed by atoms with Crippen LogP contribution < -0.4 is 5.32 Å². The summed E-state index contributed by atoms with van der Waals surface area (Å²) in [6.45, 7) is 3.63. The summed E-state index contributed by atoms with van der Waals surface area (Å²) in [4.78, 5) is 27.8. The van der Waals surface area contributed by atoms with E-state index in [0.29, 0.717) is 25.2 Å². The van der Waals surface area contributed by atoms with Gasteiger partial charge >= 0.3 is 0 Å². The van der Waals surface area contributed by atoms with Gasteiger partial charge in [-0.25, -0.2) is 0 Å². The van der Waals surface area contributed by atoms with Crippen molar-refractivity contribution in [1.29, 1.82) is 0 Å². The predicted molar refractivity (Wildman–Crippen MR) is 120 cm³/mol. The average Bonchev–Trinajstić information content (AvgIpc) is 3.37. The maximum absolute atomic E-state index is 13.0. The third-order valence-electron chi connectivity index (χ3n) is 6.05. The number of carbonyl (C=O) groups excluding carboxylic acids is 2. The molecular formula is C26H28N2O3. The largest absolute Gasteiger partial charge is 0.472 e. The van der Waals surface area contributed by atoms with Crippen molar-refractivity contribution in [3.8, 4) is 0 Å². The van der Waals surface area contributed by atoms with Gasteiger partial charge in [0.2, 0.25) is 5.91 Å². The van der Waals surface area contributed by atoms with Gasteiger partial charge in [-0.15, -0.1) is 0 Å². The lowest BCUT2D eigenvalue weighted by Gasteiger charge is -2.37. The predicted octanol–water partition coefficient (Wildman–Crippen LogP) is 4.40. The van der Waals surface area contributed by atoms with E-state index in [1.54, 1.807) is 11.0 Å². The fourth-order valence-electron chi connectivity index (χ4n) is 4.22. The average molecular weight is 417 g/mol. The highest BCUT2D eigenvalue weighted by Crippen LogP contribution is 2.31. The van der Waals surface area contributed by atoms with Crippen LogP contribution in [0.3, 0.4) is 0 Å². The Labute approximate surface area is 183 Å². The third kappa shape index (κ3) is 5.05. The van der Waals surface area contributed by atoms with Crippen LogP contribution in [0, 0.1) is 5.92 Å². The Hall–Kier alpha value is -3.34. The van der Waals surface area contributed by atoms with E-state index in [9.17, 15) is 9.59 Å². The number of hydrogen-bond donors (Lipinski definition) is 1. The number of likely N-dealkylation sites (tertiary alicyclic amines) is 1. The molecule has 160 valence electrons. The molecule has 1 N–H and O–H groups in total. The molecule has 0 aliphatic carbocycles. The summed E-state index contributed by atoms with van der Waals surface area (Å²) in [6, 6.07) is 20.1. The Bertz CT molecular complexity index is 997. The van der Waals surface area contributed by atoms with Crippen molar-refractivity contribution in [3.05, 3.63) is 95.4 Å². The highest BCUT2D eigenvalue weighted by molar-refractivity contribution is 5.94. The van der Waals surface area contributed by atoms with Crippen molar-refractivity contribution < 1.29 is 14.0 Å². The molecule has 0 unspecified atom stereocenters. The molecule has 0 radical (unpaired) electrons. The van der Waals surface area contributed by atoms with Gasteiger partial charge in [0.25, 0.3) is 5.91 Å². The van der Waals surface area contributed by atoms with E-state index in [1.165, 1.54) is 23.7 Å². The minimum Gasteiger partial charge on any atom is -0.472 e. The minimum absolute atomic E-state index is 0.0104. The zero-order chi connectivity index (χ0) is 21.6. The van der Waals surface area contributed by atoms with E-state index in [0.717, 1.165) is 18.4 Å². The molecule has 3 aromatic rings. The number of nitrogens with one attached hydrogen (secondary N) is 1. The van der Waals surface area contributed by atoms with Crippen molar-refractivity contribution in [2.45, 2.75) is 32.2 Å². The molecule has 1 fully saturated rings. The maximum Gasteiger partial charge on any atom is 0.257 e. The van der Waals surface area contributed by atoms with Crippen LogP contribution in [0.25, 0.3) is 0 Å². The first-order chi connectivity index (χ1) is 15.1. The Balaban J connectivity index is 1.51. The van der Waals surface area contributed by atoms with Crippen LogP contribution in [0.1, 0.15) is 46.3 Å². The van der Waals surface area contributed by atoms with E-state index in [1.807, 2.05) is 30.3 Å².